The van der Waals surface area contributed by atoms with Crippen molar-refractivity contribution in [2.75, 3.05) is 63.9 Å². The van der Waals surface area contributed by atoms with Crippen LogP contribution in [-0.2, 0) is 9.47 Å². The Bertz CT molecular complexity index is 1120. The zero-order chi connectivity index (χ0) is 26.9. The van der Waals surface area contributed by atoms with Crippen molar-refractivity contribution in [2.45, 2.75) is 19.0 Å². The molecule has 2 heterocycles. The third-order valence-corrected chi connectivity index (χ3v) is 6.46. The third-order valence-electron chi connectivity index (χ3n) is 5.84. The van der Waals surface area contributed by atoms with E-state index in [4.69, 9.17) is 53.6 Å². The molecular formula is C25H34Cl2N6O4. The van der Waals surface area contributed by atoms with Gasteiger partial charge < -0.3 is 40.2 Å². The summed E-state index contributed by atoms with van der Waals surface area (Å²) < 4.78 is 20.7. The van der Waals surface area contributed by atoms with Gasteiger partial charge in [0, 0.05) is 50.2 Å². The van der Waals surface area contributed by atoms with Crippen LogP contribution in [0.5, 0.6) is 11.5 Å². The number of anilines is 2. The quantitative estimate of drug-likeness (QED) is 0.485. The Balaban J connectivity index is 0.000000206. The molecule has 0 radical (unpaired) electrons. The minimum Gasteiger partial charge on any atom is -0.495 e. The molecule has 10 nitrogen and oxygen atoms in total. The second-order valence-electron chi connectivity index (χ2n) is 8.42. The lowest BCUT2D eigenvalue weighted by molar-refractivity contribution is 0.313. The van der Waals surface area contributed by atoms with E-state index in [1.165, 1.54) is 0 Å². The maximum absolute atomic E-state index is 6.03. The molecule has 2 aromatic rings. The van der Waals surface area contributed by atoms with Crippen LogP contribution in [0.4, 0.5) is 11.4 Å². The molecule has 4 rings (SSSR count). The minimum atomic E-state index is 0.0664. The van der Waals surface area contributed by atoms with Crippen LogP contribution in [0.25, 0.3) is 0 Å². The Morgan fingerprint density at radius 1 is 0.865 bits per heavy atom. The Labute approximate surface area is 227 Å². The van der Waals surface area contributed by atoms with Crippen LogP contribution in [-0.4, -0.2) is 78.2 Å². The smallest absolute Gasteiger partial charge is 0.282 e. The monoisotopic (exact) mass is 552 g/mol. The summed E-state index contributed by atoms with van der Waals surface area (Å²) in [5.41, 5.74) is 13.1. The molecule has 0 bridgehead atoms. The molecule has 0 unspecified atom stereocenters. The van der Waals surface area contributed by atoms with Gasteiger partial charge in [-0.05, 0) is 31.2 Å². The fraction of sp³-hybridized carbons (Fsp3) is 0.440. The average Bonchev–Trinajstić information content (AvgIpc) is 3.50. The van der Waals surface area contributed by atoms with Crippen molar-refractivity contribution >= 4 is 46.6 Å². The number of nitrogens with two attached hydrogens (primary N) is 2. The van der Waals surface area contributed by atoms with Gasteiger partial charge in [-0.3, -0.25) is 0 Å². The molecule has 2 aliphatic heterocycles. The Morgan fingerprint density at radius 3 is 1.81 bits per heavy atom. The first-order chi connectivity index (χ1) is 17.7. The van der Waals surface area contributed by atoms with Gasteiger partial charge in [-0.1, -0.05) is 23.2 Å². The highest BCUT2D eigenvalue weighted by atomic mass is 35.5. The van der Waals surface area contributed by atoms with Gasteiger partial charge in [-0.2, -0.15) is 0 Å². The highest BCUT2D eigenvalue weighted by Gasteiger charge is 2.21. The van der Waals surface area contributed by atoms with E-state index >= 15 is 0 Å². The Hall–Kier alpha value is -3.24. The lowest BCUT2D eigenvalue weighted by Gasteiger charge is -2.25. The lowest BCUT2D eigenvalue weighted by Crippen LogP contribution is -2.32. The Morgan fingerprint density at radius 2 is 1.35 bits per heavy atom. The molecule has 12 heteroatoms. The van der Waals surface area contributed by atoms with Gasteiger partial charge in [-0.25, -0.2) is 9.98 Å². The van der Waals surface area contributed by atoms with Gasteiger partial charge in [0.25, 0.3) is 12.0 Å². The van der Waals surface area contributed by atoms with E-state index in [1.807, 2.05) is 43.4 Å². The fourth-order valence-electron chi connectivity index (χ4n) is 3.88. The molecule has 0 fully saturated rings. The first kappa shape index (κ1) is 28.3. The molecule has 0 aliphatic carbocycles. The van der Waals surface area contributed by atoms with E-state index in [0.717, 1.165) is 31.0 Å². The molecule has 0 spiro atoms. The maximum atomic E-state index is 6.03. The van der Waals surface area contributed by atoms with E-state index in [2.05, 4.69) is 26.7 Å². The van der Waals surface area contributed by atoms with E-state index in [9.17, 15) is 0 Å². The van der Waals surface area contributed by atoms with E-state index in [0.29, 0.717) is 34.8 Å². The molecule has 2 atom stereocenters. The summed E-state index contributed by atoms with van der Waals surface area (Å²) in [5, 5.41) is 1.20. The molecular weight excluding hydrogens is 519 g/mol. The minimum absolute atomic E-state index is 0.0664. The van der Waals surface area contributed by atoms with E-state index < -0.39 is 0 Å². The molecule has 0 aromatic heterocycles. The van der Waals surface area contributed by atoms with Crippen LogP contribution in [0.1, 0.15) is 6.92 Å². The van der Waals surface area contributed by atoms with Crippen molar-refractivity contribution in [3.63, 3.8) is 0 Å². The van der Waals surface area contributed by atoms with Crippen molar-refractivity contribution in [3.05, 3.63) is 46.4 Å². The van der Waals surface area contributed by atoms with Gasteiger partial charge in [0.1, 0.15) is 36.8 Å². The van der Waals surface area contributed by atoms with Crippen LogP contribution < -0.4 is 30.7 Å². The van der Waals surface area contributed by atoms with Gasteiger partial charge >= 0.3 is 0 Å². The normalized spacial score (nSPS) is 18.0. The summed E-state index contributed by atoms with van der Waals surface area (Å²) in [6, 6.07) is 12.1. The number of ether oxygens (including phenoxy) is 4. The van der Waals surface area contributed by atoms with Crippen LogP contribution in [0.3, 0.4) is 0 Å². The summed E-state index contributed by atoms with van der Waals surface area (Å²) in [5.74, 6) is 1.33. The van der Waals surface area contributed by atoms with Crippen molar-refractivity contribution in [1.82, 2.24) is 0 Å². The summed E-state index contributed by atoms with van der Waals surface area (Å²) in [4.78, 5) is 12.7. The number of amidine groups is 2. The second-order valence-corrected chi connectivity index (χ2v) is 9.24. The molecule has 0 saturated carbocycles. The number of halogens is 2. The predicted molar refractivity (Wildman–Crippen MR) is 150 cm³/mol. The Kier molecular flexibility index (Phi) is 10.2. The zero-order valence-electron chi connectivity index (χ0n) is 21.5. The first-order valence-electron chi connectivity index (χ1n) is 11.8. The highest BCUT2D eigenvalue weighted by Crippen LogP contribution is 2.30. The average molecular weight is 553 g/mol. The molecule has 0 saturated heterocycles. The molecule has 202 valence electrons. The van der Waals surface area contributed by atoms with Crippen LogP contribution >= 0.6 is 23.2 Å². The summed E-state index contributed by atoms with van der Waals surface area (Å²) >= 11 is 12.0. The van der Waals surface area contributed by atoms with Crippen LogP contribution in [0.15, 0.2) is 46.4 Å². The standard InChI is InChI=1S/C13H18ClN3O2.C12H16ClN3O2/c1-3-17(7-9-8-19-13(15)16-9)10-4-5-11(14)12(6-10)18-2;1-16(6-8-7-18-12(14)15-8)9-3-4-10(13)11(5-9)17-2/h4-6,9H,3,7-8H2,1-2H3,(H2,15,16);3-5,8H,6-7H2,1-2H3,(H2,14,15)/t9-;8-/m00/s1. The van der Waals surface area contributed by atoms with Crippen molar-refractivity contribution in [1.29, 1.82) is 0 Å². The van der Waals surface area contributed by atoms with Gasteiger partial charge in [0.05, 0.1) is 24.3 Å². The van der Waals surface area contributed by atoms with Gasteiger partial charge in [-0.15, -0.1) is 0 Å². The number of nitrogens with zero attached hydrogens (tertiary/aromatic N) is 4. The number of hydrogen-bond donors (Lipinski definition) is 2. The molecule has 0 amide bonds. The highest BCUT2D eigenvalue weighted by molar-refractivity contribution is 6.32. The summed E-state index contributed by atoms with van der Waals surface area (Å²) in [6.07, 6.45) is 0. The van der Waals surface area contributed by atoms with Crippen LogP contribution in [0.2, 0.25) is 10.0 Å². The largest absolute Gasteiger partial charge is 0.495 e. The van der Waals surface area contributed by atoms with Crippen LogP contribution in [0, 0.1) is 0 Å². The van der Waals surface area contributed by atoms with Crippen molar-refractivity contribution < 1.29 is 18.9 Å². The second kappa shape index (κ2) is 13.3. The number of aliphatic imine (C=N–C) groups is 2. The SMILES string of the molecule is CCN(C[C@H]1COC(N)=N1)c1ccc(Cl)c(OC)c1.COc1cc(N(C)C[C@H]2COC(N)=N2)ccc1Cl. The zero-order valence-corrected chi connectivity index (χ0v) is 23.0. The fourth-order valence-corrected chi connectivity index (χ4v) is 4.27. The van der Waals surface area contributed by atoms with E-state index in [1.54, 1.807) is 14.2 Å². The van der Waals surface area contributed by atoms with Gasteiger partial charge in [0.2, 0.25) is 0 Å². The summed E-state index contributed by atoms with van der Waals surface area (Å²) in [6.45, 7) is 5.49. The van der Waals surface area contributed by atoms with Crippen molar-refractivity contribution in [2.24, 2.45) is 21.5 Å². The van der Waals surface area contributed by atoms with E-state index in [-0.39, 0.29) is 24.1 Å². The van der Waals surface area contributed by atoms with Gasteiger partial charge in [0.15, 0.2) is 0 Å². The lowest BCUT2D eigenvalue weighted by atomic mass is 10.2. The molecule has 4 N–H and O–H groups in total. The topological polar surface area (TPSA) is 120 Å². The number of methoxy groups -OCH3 is 2. The first-order valence-corrected chi connectivity index (χ1v) is 12.5. The number of hydrogen-bond acceptors (Lipinski definition) is 10. The number of benzene rings is 2. The molecule has 37 heavy (non-hydrogen) atoms. The number of likely N-dealkylation sites (N-methyl/N-ethyl adjacent to an activating group) is 2. The summed E-state index contributed by atoms with van der Waals surface area (Å²) in [7, 11) is 5.19. The predicted octanol–water partition coefficient (Wildman–Crippen LogP) is 3.39. The third kappa shape index (κ3) is 7.87. The molecule has 2 aliphatic rings. The van der Waals surface area contributed by atoms with Crippen molar-refractivity contribution in [3.8, 4) is 11.5 Å². The molecule has 2 aromatic carbocycles. The maximum Gasteiger partial charge on any atom is 0.282 e. The number of rotatable bonds is 9.